The Balaban J connectivity index is 1.43. The molecule has 0 bridgehead atoms. The summed E-state index contributed by atoms with van der Waals surface area (Å²) in [7, 11) is 0. The Labute approximate surface area is 142 Å². The third-order valence-corrected chi connectivity index (χ3v) is 4.11. The molecule has 24 heavy (non-hydrogen) atoms. The van der Waals surface area contributed by atoms with Crippen molar-refractivity contribution in [3.8, 4) is 11.1 Å². The first-order valence-electron chi connectivity index (χ1n) is 8.42. The van der Waals surface area contributed by atoms with Gasteiger partial charge in [-0.15, -0.1) is 0 Å². The number of ether oxygens (including phenoxy) is 2. The molecule has 3 rings (SSSR count). The van der Waals surface area contributed by atoms with E-state index < -0.39 is 0 Å². The van der Waals surface area contributed by atoms with Crippen molar-refractivity contribution in [3.63, 3.8) is 0 Å². The van der Waals surface area contributed by atoms with Crippen LogP contribution in [0.25, 0.3) is 11.1 Å². The second-order valence-corrected chi connectivity index (χ2v) is 5.93. The summed E-state index contributed by atoms with van der Waals surface area (Å²) in [4.78, 5) is 11.9. The molecule has 126 valence electrons. The number of hydrogen-bond donors (Lipinski definition) is 1. The zero-order valence-corrected chi connectivity index (χ0v) is 13.7. The first-order chi connectivity index (χ1) is 11.8. The van der Waals surface area contributed by atoms with Crippen molar-refractivity contribution in [2.24, 2.45) is 0 Å². The van der Waals surface area contributed by atoms with Crippen molar-refractivity contribution in [3.05, 3.63) is 60.2 Å². The maximum atomic E-state index is 11.9. The first-order valence-corrected chi connectivity index (χ1v) is 8.42. The molecule has 0 aromatic heterocycles. The van der Waals surface area contributed by atoms with Crippen LogP contribution in [0.4, 0.5) is 0 Å². The van der Waals surface area contributed by atoms with Crippen LogP contribution in [-0.2, 0) is 20.7 Å². The maximum absolute atomic E-state index is 11.9. The van der Waals surface area contributed by atoms with Gasteiger partial charge >= 0.3 is 0 Å². The molecule has 4 heteroatoms. The van der Waals surface area contributed by atoms with Gasteiger partial charge in [0.15, 0.2) is 0 Å². The van der Waals surface area contributed by atoms with Gasteiger partial charge in [-0.25, -0.2) is 0 Å². The maximum Gasteiger partial charge on any atom is 0.220 e. The predicted octanol–water partition coefficient (Wildman–Crippen LogP) is 2.82. The summed E-state index contributed by atoms with van der Waals surface area (Å²) >= 11 is 0. The van der Waals surface area contributed by atoms with Crippen molar-refractivity contribution in [1.29, 1.82) is 0 Å². The summed E-state index contributed by atoms with van der Waals surface area (Å²) in [6.07, 6.45) is 1.20. The summed E-state index contributed by atoms with van der Waals surface area (Å²) in [6.45, 7) is 2.32. The Morgan fingerprint density at radius 3 is 2.46 bits per heavy atom. The predicted molar refractivity (Wildman–Crippen MR) is 93.8 cm³/mol. The van der Waals surface area contributed by atoms with Crippen molar-refractivity contribution < 1.29 is 14.3 Å². The van der Waals surface area contributed by atoms with Crippen LogP contribution < -0.4 is 5.32 Å². The molecule has 1 saturated heterocycles. The molecule has 1 N–H and O–H groups in total. The minimum absolute atomic E-state index is 0.0205. The van der Waals surface area contributed by atoms with Crippen LogP contribution >= 0.6 is 0 Å². The summed E-state index contributed by atoms with van der Waals surface area (Å²) in [5.41, 5.74) is 3.57. The topological polar surface area (TPSA) is 47.6 Å². The van der Waals surface area contributed by atoms with Gasteiger partial charge < -0.3 is 14.8 Å². The fraction of sp³-hybridized carbons (Fsp3) is 0.350. The van der Waals surface area contributed by atoms with Gasteiger partial charge in [-0.05, 0) is 23.1 Å². The highest BCUT2D eigenvalue weighted by Gasteiger charge is 2.15. The lowest BCUT2D eigenvalue weighted by Crippen LogP contribution is -2.39. The largest absolute Gasteiger partial charge is 0.376 e. The van der Waals surface area contributed by atoms with Crippen molar-refractivity contribution >= 4 is 5.91 Å². The molecule has 4 nitrogen and oxygen atoms in total. The van der Waals surface area contributed by atoms with Crippen LogP contribution in [0.2, 0.25) is 0 Å². The third-order valence-electron chi connectivity index (χ3n) is 4.11. The number of amides is 1. The summed E-state index contributed by atoms with van der Waals surface area (Å²) in [6, 6.07) is 18.7. The number of benzene rings is 2. The third kappa shape index (κ3) is 4.91. The Hall–Kier alpha value is -2.17. The number of rotatable bonds is 6. The van der Waals surface area contributed by atoms with Crippen LogP contribution in [-0.4, -0.2) is 38.4 Å². The molecule has 1 amide bonds. The highest BCUT2D eigenvalue weighted by Crippen LogP contribution is 2.19. The lowest BCUT2D eigenvalue weighted by molar-refractivity contribution is -0.123. The smallest absolute Gasteiger partial charge is 0.220 e. The van der Waals surface area contributed by atoms with Gasteiger partial charge in [-0.2, -0.15) is 0 Å². The van der Waals surface area contributed by atoms with Gasteiger partial charge in [0.05, 0.1) is 25.9 Å². The van der Waals surface area contributed by atoms with E-state index in [0.29, 0.717) is 32.8 Å². The molecular weight excluding hydrogens is 302 g/mol. The Kier molecular flexibility index (Phi) is 5.99. The van der Waals surface area contributed by atoms with Crippen LogP contribution in [0.3, 0.4) is 0 Å². The highest BCUT2D eigenvalue weighted by atomic mass is 16.6. The van der Waals surface area contributed by atoms with Gasteiger partial charge in [0, 0.05) is 13.0 Å². The summed E-state index contributed by atoms with van der Waals surface area (Å²) in [5.74, 6) is 0.0521. The zero-order chi connectivity index (χ0) is 16.6. The number of hydrogen-bond acceptors (Lipinski definition) is 3. The molecule has 1 heterocycles. The Morgan fingerprint density at radius 2 is 1.75 bits per heavy atom. The monoisotopic (exact) mass is 325 g/mol. The molecule has 0 radical (unpaired) electrons. The molecule has 0 aliphatic carbocycles. The Bertz CT molecular complexity index is 634. The molecule has 0 spiro atoms. The average molecular weight is 325 g/mol. The van der Waals surface area contributed by atoms with E-state index in [9.17, 15) is 4.79 Å². The summed E-state index contributed by atoms with van der Waals surface area (Å²) in [5, 5.41) is 2.92. The van der Waals surface area contributed by atoms with Gasteiger partial charge in [-0.3, -0.25) is 4.79 Å². The van der Waals surface area contributed by atoms with E-state index in [-0.39, 0.29) is 12.0 Å². The van der Waals surface area contributed by atoms with Crippen molar-refractivity contribution in [1.82, 2.24) is 5.32 Å². The minimum atomic E-state index is -0.0205. The normalized spacial score (nSPS) is 17.4. The Morgan fingerprint density at radius 1 is 1.00 bits per heavy atom. The first kappa shape index (κ1) is 16.7. The van der Waals surface area contributed by atoms with E-state index >= 15 is 0 Å². The van der Waals surface area contributed by atoms with E-state index in [1.807, 2.05) is 18.2 Å². The number of carbonyl (C=O) groups is 1. The van der Waals surface area contributed by atoms with Crippen LogP contribution in [0.15, 0.2) is 54.6 Å². The van der Waals surface area contributed by atoms with Crippen LogP contribution in [0, 0.1) is 0 Å². The lowest BCUT2D eigenvalue weighted by Gasteiger charge is -2.23. The molecule has 2 aromatic rings. The average Bonchev–Trinajstić information content (AvgIpc) is 2.67. The van der Waals surface area contributed by atoms with E-state index in [1.165, 1.54) is 16.7 Å². The van der Waals surface area contributed by atoms with Gasteiger partial charge in [0.25, 0.3) is 0 Å². The number of carbonyl (C=O) groups excluding carboxylic acids is 1. The quantitative estimate of drug-likeness (QED) is 0.888. The number of aryl methyl sites for hydroxylation is 1. The lowest BCUT2D eigenvalue weighted by atomic mass is 10.0. The summed E-state index contributed by atoms with van der Waals surface area (Å²) < 4.78 is 10.8. The number of nitrogens with one attached hydrogen (secondary N) is 1. The van der Waals surface area contributed by atoms with Gasteiger partial charge in [0.2, 0.25) is 5.91 Å². The molecule has 1 unspecified atom stereocenters. The minimum Gasteiger partial charge on any atom is -0.376 e. The standard InChI is InChI=1S/C20H23NO3/c22-20(21-14-19-15-23-12-13-24-19)11-8-16-6-9-18(10-7-16)17-4-2-1-3-5-17/h1-7,9-10,19H,8,11-15H2,(H,21,22). The van der Waals surface area contributed by atoms with E-state index in [4.69, 9.17) is 9.47 Å². The van der Waals surface area contributed by atoms with E-state index in [0.717, 1.165) is 6.42 Å². The van der Waals surface area contributed by atoms with Crippen LogP contribution in [0.5, 0.6) is 0 Å². The molecule has 1 aliphatic heterocycles. The molecule has 1 atom stereocenters. The SMILES string of the molecule is O=C(CCc1ccc(-c2ccccc2)cc1)NCC1COCCO1. The molecule has 1 aliphatic rings. The van der Waals surface area contributed by atoms with E-state index in [2.05, 4.69) is 41.7 Å². The molecule has 0 saturated carbocycles. The molecule has 2 aromatic carbocycles. The second-order valence-electron chi connectivity index (χ2n) is 5.93. The zero-order valence-electron chi connectivity index (χ0n) is 13.7. The van der Waals surface area contributed by atoms with E-state index in [1.54, 1.807) is 0 Å². The van der Waals surface area contributed by atoms with Crippen LogP contribution in [0.1, 0.15) is 12.0 Å². The molecular formula is C20H23NO3. The van der Waals surface area contributed by atoms with Crippen molar-refractivity contribution in [2.45, 2.75) is 18.9 Å². The second kappa shape index (κ2) is 8.62. The highest BCUT2D eigenvalue weighted by molar-refractivity contribution is 5.76. The molecule has 1 fully saturated rings. The van der Waals surface area contributed by atoms with Gasteiger partial charge in [-0.1, -0.05) is 54.6 Å². The fourth-order valence-electron chi connectivity index (χ4n) is 2.72. The van der Waals surface area contributed by atoms with Gasteiger partial charge in [0.1, 0.15) is 0 Å². The van der Waals surface area contributed by atoms with Crippen molar-refractivity contribution in [2.75, 3.05) is 26.4 Å². The fourth-order valence-corrected chi connectivity index (χ4v) is 2.72.